The van der Waals surface area contributed by atoms with Crippen LogP contribution in [-0.4, -0.2) is 77.4 Å². The van der Waals surface area contributed by atoms with E-state index < -0.39 is 23.9 Å². The van der Waals surface area contributed by atoms with E-state index in [9.17, 15) is 9.90 Å². The number of guanidine groups is 2. The smallest absolute Gasteiger partial charge is 0.255 e. The standard InChI is InChI=1S/C21H30N8O3/c1-20(2)6-7-32-14-10(4-3-5-11(14)20)17(31)25-13-9-29-19(24)26-12(8-22)15-21(29,16(13)30)28-18(23)27-15/h3-5,12-13,15-16,30H,6-9,22H2,1-2H3,(H2,24,26)(H,25,31)(H3,23,27,28)/t12-,13?,15?,16+,21?/m0/s1. The van der Waals surface area contributed by atoms with Crippen LogP contribution in [0, 0.1) is 10.8 Å². The summed E-state index contributed by atoms with van der Waals surface area (Å²) < 4.78 is 5.88. The van der Waals surface area contributed by atoms with Gasteiger partial charge >= 0.3 is 0 Å². The van der Waals surface area contributed by atoms with Gasteiger partial charge in [-0.15, -0.1) is 0 Å². The first kappa shape index (κ1) is 20.8. The third kappa shape index (κ3) is 2.77. The summed E-state index contributed by atoms with van der Waals surface area (Å²) in [5, 5.41) is 39.9. The second-order valence-electron chi connectivity index (χ2n) is 9.58. The molecule has 32 heavy (non-hydrogen) atoms. The number of amides is 1. The Balaban J connectivity index is 1.44. The van der Waals surface area contributed by atoms with Crippen molar-refractivity contribution in [1.82, 2.24) is 26.2 Å². The number of aliphatic hydroxyl groups is 1. The second kappa shape index (κ2) is 6.97. The van der Waals surface area contributed by atoms with Crippen molar-refractivity contribution in [2.24, 2.45) is 5.73 Å². The van der Waals surface area contributed by atoms with Crippen LogP contribution in [0.3, 0.4) is 0 Å². The topological polar surface area (TPSA) is 172 Å². The van der Waals surface area contributed by atoms with Gasteiger partial charge in [0.2, 0.25) is 0 Å². The van der Waals surface area contributed by atoms with Gasteiger partial charge in [-0.3, -0.25) is 15.6 Å². The highest BCUT2D eigenvalue weighted by Crippen LogP contribution is 2.41. The van der Waals surface area contributed by atoms with Gasteiger partial charge in [-0.1, -0.05) is 26.0 Å². The minimum absolute atomic E-state index is 0.0498. The Bertz CT molecular complexity index is 997. The Morgan fingerprint density at radius 2 is 2.16 bits per heavy atom. The molecule has 5 rings (SSSR count). The van der Waals surface area contributed by atoms with Gasteiger partial charge in [0.05, 0.1) is 30.3 Å². The molecular formula is C21H30N8O3. The van der Waals surface area contributed by atoms with Gasteiger partial charge in [-0.25, -0.2) is 0 Å². The molecule has 0 aromatic heterocycles. The molecule has 9 N–H and O–H groups in total. The van der Waals surface area contributed by atoms with Crippen LogP contribution < -0.4 is 31.7 Å². The maximum absolute atomic E-state index is 13.3. The molecule has 1 amide bonds. The number of carbonyl (C=O) groups is 1. The lowest BCUT2D eigenvalue weighted by Gasteiger charge is -2.49. The minimum Gasteiger partial charge on any atom is -0.492 e. The summed E-state index contributed by atoms with van der Waals surface area (Å²) >= 11 is 0. The number of para-hydroxylation sites is 1. The first-order valence-corrected chi connectivity index (χ1v) is 10.9. The molecule has 1 spiro atoms. The fourth-order valence-electron chi connectivity index (χ4n) is 5.52. The number of rotatable bonds is 3. The third-order valence-electron chi connectivity index (χ3n) is 7.28. The number of nitrogens with two attached hydrogens (primary N) is 1. The molecule has 5 atom stereocenters. The van der Waals surface area contributed by atoms with Gasteiger partial charge in [0, 0.05) is 18.7 Å². The van der Waals surface area contributed by atoms with E-state index in [4.69, 9.17) is 21.3 Å². The summed E-state index contributed by atoms with van der Waals surface area (Å²) in [6, 6.07) is 4.09. The SMILES string of the molecule is CC1(C)CCOc2c(C(=O)NC3CN4C(=N)N[C@@H](CN)C5NC(=N)NC54[C@@H]3O)cccc21. The van der Waals surface area contributed by atoms with E-state index in [1.165, 1.54) is 0 Å². The molecule has 0 bridgehead atoms. The molecule has 172 valence electrons. The highest BCUT2D eigenvalue weighted by molar-refractivity contribution is 5.98. The number of ether oxygens (including phenoxy) is 1. The number of nitrogens with zero attached hydrogens (tertiary/aromatic N) is 1. The Labute approximate surface area is 186 Å². The largest absolute Gasteiger partial charge is 0.492 e. The first-order valence-electron chi connectivity index (χ1n) is 10.9. The summed E-state index contributed by atoms with van der Waals surface area (Å²) in [6.45, 7) is 5.23. The normalized spacial score (nSPS) is 34.3. The van der Waals surface area contributed by atoms with Gasteiger partial charge in [0.25, 0.3) is 5.91 Å². The van der Waals surface area contributed by atoms with Crippen molar-refractivity contribution in [3.05, 3.63) is 29.3 Å². The van der Waals surface area contributed by atoms with Gasteiger partial charge in [0.15, 0.2) is 17.6 Å². The van der Waals surface area contributed by atoms with E-state index in [0.717, 1.165) is 12.0 Å². The van der Waals surface area contributed by atoms with Crippen LogP contribution in [0.5, 0.6) is 5.75 Å². The first-order chi connectivity index (χ1) is 15.2. The van der Waals surface area contributed by atoms with E-state index >= 15 is 0 Å². The second-order valence-corrected chi connectivity index (χ2v) is 9.58. The highest BCUT2D eigenvalue weighted by Gasteiger charge is 2.66. The van der Waals surface area contributed by atoms with Crippen molar-refractivity contribution in [2.75, 3.05) is 19.7 Å². The summed E-state index contributed by atoms with van der Waals surface area (Å²) in [7, 11) is 0. The van der Waals surface area contributed by atoms with Crippen LogP contribution in [-0.2, 0) is 5.41 Å². The van der Waals surface area contributed by atoms with Crippen molar-refractivity contribution in [3.8, 4) is 5.75 Å². The van der Waals surface area contributed by atoms with Gasteiger partial charge in [0.1, 0.15) is 11.9 Å². The Kier molecular flexibility index (Phi) is 4.54. The number of hydrogen-bond donors (Lipinski definition) is 8. The summed E-state index contributed by atoms with van der Waals surface area (Å²) in [4.78, 5) is 15.0. The predicted molar refractivity (Wildman–Crippen MR) is 118 cm³/mol. The maximum atomic E-state index is 13.3. The molecule has 0 aliphatic carbocycles. The van der Waals surface area contributed by atoms with Gasteiger partial charge in [-0.05, 0) is 17.9 Å². The van der Waals surface area contributed by atoms with Gasteiger partial charge < -0.3 is 41.7 Å². The molecule has 3 saturated heterocycles. The van der Waals surface area contributed by atoms with Crippen molar-refractivity contribution in [3.63, 3.8) is 0 Å². The molecule has 3 fully saturated rings. The Hall–Kier alpha value is -3.05. The molecule has 4 heterocycles. The fraction of sp³-hybridized carbons (Fsp3) is 0.571. The van der Waals surface area contributed by atoms with Crippen LogP contribution in [0.15, 0.2) is 18.2 Å². The molecule has 4 aliphatic heterocycles. The van der Waals surface area contributed by atoms with Crippen LogP contribution in [0.4, 0.5) is 0 Å². The molecule has 3 unspecified atom stereocenters. The molecule has 11 nitrogen and oxygen atoms in total. The zero-order chi connectivity index (χ0) is 22.8. The van der Waals surface area contributed by atoms with Crippen LogP contribution in [0.25, 0.3) is 0 Å². The summed E-state index contributed by atoms with van der Waals surface area (Å²) in [6.07, 6.45) is -0.215. The molecule has 0 radical (unpaired) electrons. The molecular weight excluding hydrogens is 412 g/mol. The van der Waals surface area contributed by atoms with Crippen molar-refractivity contribution in [1.29, 1.82) is 10.8 Å². The number of nitrogens with one attached hydrogen (secondary N) is 6. The molecule has 1 aromatic rings. The maximum Gasteiger partial charge on any atom is 0.255 e. The fourth-order valence-corrected chi connectivity index (χ4v) is 5.52. The Morgan fingerprint density at radius 1 is 1.38 bits per heavy atom. The van der Waals surface area contributed by atoms with Crippen LogP contribution in [0.1, 0.15) is 36.2 Å². The zero-order valence-electron chi connectivity index (χ0n) is 18.2. The zero-order valence-corrected chi connectivity index (χ0v) is 18.2. The average molecular weight is 443 g/mol. The van der Waals surface area contributed by atoms with Crippen molar-refractivity contribution < 1.29 is 14.6 Å². The van der Waals surface area contributed by atoms with Crippen LogP contribution in [0.2, 0.25) is 0 Å². The summed E-state index contributed by atoms with van der Waals surface area (Å²) in [5.74, 6) is 0.391. The lowest BCUT2D eigenvalue weighted by molar-refractivity contribution is 0.00692. The lowest BCUT2D eigenvalue weighted by atomic mass is 9.79. The number of benzene rings is 1. The van der Waals surface area contributed by atoms with E-state index in [2.05, 4.69) is 35.1 Å². The quantitative estimate of drug-likeness (QED) is 0.282. The monoisotopic (exact) mass is 442 g/mol. The molecule has 1 aromatic carbocycles. The molecule has 11 heteroatoms. The number of aliphatic hydroxyl groups excluding tert-OH is 1. The van der Waals surface area contributed by atoms with Crippen molar-refractivity contribution >= 4 is 17.8 Å². The molecule has 0 saturated carbocycles. The number of fused-ring (bicyclic) bond motifs is 1. The van der Waals surface area contributed by atoms with Gasteiger partial charge in [-0.2, -0.15) is 0 Å². The van der Waals surface area contributed by atoms with E-state index in [1.807, 2.05) is 12.1 Å². The predicted octanol–water partition coefficient (Wildman–Crippen LogP) is -1.42. The van der Waals surface area contributed by atoms with E-state index in [0.29, 0.717) is 17.9 Å². The third-order valence-corrected chi connectivity index (χ3v) is 7.28. The summed E-state index contributed by atoms with van der Waals surface area (Å²) in [5.41, 5.74) is 6.07. The van der Waals surface area contributed by atoms with Crippen LogP contribution >= 0.6 is 0 Å². The van der Waals surface area contributed by atoms with Crippen molar-refractivity contribution in [2.45, 2.75) is 55.6 Å². The van der Waals surface area contributed by atoms with E-state index in [-0.39, 0.29) is 42.4 Å². The minimum atomic E-state index is -1.14. The number of hydrogen-bond acceptors (Lipinski definition) is 6. The highest BCUT2D eigenvalue weighted by atomic mass is 16.5. The molecule has 4 aliphatic rings. The Morgan fingerprint density at radius 3 is 2.91 bits per heavy atom. The average Bonchev–Trinajstić information content (AvgIpc) is 3.24. The van der Waals surface area contributed by atoms with E-state index in [1.54, 1.807) is 11.0 Å². The number of carbonyl (C=O) groups excluding carboxylic acids is 1. The lowest BCUT2D eigenvalue weighted by Crippen LogP contribution is -2.77.